The van der Waals surface area contributed by atoms with E-state index >= 15 is 0 Å². The molecule has 6 nitrogen and oxygen atoms in total. The van der Waals surface area contributed by atoms with Gasteiger partial charge < -0.3 is 0 Å². The van der Waals surface area contributed by atoms with E-state index in [0.717, 1.165) is 6.08 Å². The topological polar surface area (TPSA) is 86.7 Å². The molecule has 0 spiro atoms. The largest absolute Gasteiger partial charge is 0.288 e. The Kier molecular flexibility index (Phi) is 7.84. The molecule has 2 aromatic rings. The van der Waals surface area contributed by atoms with Gasteiger partial charge in [0.05, 0.1) is 10.6 Å². The fraction of sp³-hybridized carbons (Fsp3) is 0.167. The predicted molar refractivity (Wildman–Crippen MR) is 98.8 cm³/mol. The third kappa shape index (κ3) is 5.44. The van der Waals surface area contributed by atoms with Crippen LogP contribution in [0.15, 0.2) is 65.6 Å². The molecule has 0 radical (unpaired) electrons. The van der Waals surface area contributed by atoms with Crippen molar-refractivity contribution in [3.8, 4) is 0 Å². The molecule has 2 N–H and O–H groups in total. The lowest BCUT2D eigenvalue weighted by atomic mass is 10.2. The summed E-state index contributed by atoms with van der Waals surface area (Å²) >= 11 is 0. The summed E-state index contributed by atoms with van der Waals surface area (Å²) in [5, 5.41) is 8.44. The molecule has 1 amide bonds. The van der Waals surface area contributed by atoms with Crippen molar-refractivity contribution in [3.63, 3.8) is 0 Å². The molecule has 0 saturated carbocycles. The van der Waals surface area contributed by atoms with Gasteiger partial charge in [0, 0.05) is 13.1 Å². The zero-order valence-electron chi connectivity index (χ0n) is 14.4. The van der Waals surface area contributed by atoms with Crippen molar-refractivity contribution in [1.82, 2.24) is 5.48 Å². The van der Waals surface area contributed by atoms with Gasteiger partial charge in [-0.25, -0.2) is 13.9 Å². The Morgan fingerprint density at radius 3 is 2.32 bits per heavy atom. The number of para-hydroxylation sites is 1. The van der Waals surface area contributed by atoms with Crippen molar-refractivity contribution < 1.29 is 18.4 Å². The van der Waals surface area contributed by atoms with Gasteiger partial charge in [-0.05, 0) is 35.9 Å². The molecule has 0 fully saturated rings. The second kappa shape index (κ2) is 9.61. The highest BCUT2D eigenvalue weighted by Gasteiger charge is 2.21. The van der Waals surface area contributed by atoms with Crippen molar-refractivity contribution in [1.29, 1.82) is 0 Å². The van der Waals surface area contributed by atoms with Crippen LogP contribution in [0.3, 0.4) is 0 Å². The molecule has 0 unspecified atom stereocenters. The highest BCUT2D eigenvalue weighted by molar-refractivity contribution is 7.92. The van der Waals surface area contributed by atoms with Gasteiger partial charge in [0.1, 0.15) is 0 Å². The van der Waals surface area contributed by atoms with E-state index in [2.05, 4.69) is 0 Å². The molecule has 7 heteroatoms. The van der Waals surface area contributed by atoms with Gasteiger partial charge in [-0.3, -0.25) is 14.3 Å². The SMILES string of the molecule is CC.CN(c1ccccc1)S(=O)(=O)c1cccc(/C=C/C(=O)NO)c1. The molecule has 0 saturated heterocycles. The van der Waals surface area contributed by atoms with Crippen LogP contribution >= 0.6 is 0 Å². The average Bonchev–Trinajstić information content (AvgIpc) is 2.67. The van der Waals surface area contributed by atoms with E-state index in [-0.39, 0.29) is 4.90 Å². The Bertz CT molecular complexity index is 818. The number of nitrogens with one attached hydrogen (secondary N) is 1. The molecule has 25 heavy (non-hydrogen) atoms. The first-order valence-corrected chi connectivity index (χ1v) is 9.15. The van der Waals surface area contributed by atoms with Crippen LogP contribution in [0.1, 0.15) is 19.4 Å². The second-order valence-electron chi connectivity index (χ2n) is 4.69. The van der Waals surface area contributed by atoms with Crippen molar-refractivity contribution in [3.05, 3.63) is 66.2 Å². The number of hydroxylamine groups is 1. The summed E-state index contributed by atoms with van der Waals surface area (Å²) in [5.41, 5.74) is 2.54. The number of carbonyl (C=O) groups excluding carboxylic acids is 1. The van der Waals surface area contributed by atoms with Crippen LogP contribution in [0.2, 0.25) is 0 Å². The van der Waals surface area contributed by atoms with Crippen molar-refractivity contribution in [2.45, 2.75) is 18.7 Å². The summed E-state index contributed by atoms with van der Waals surface area (Å²) in [7, 11) is -2.23. The number of benzene rings is 2. The molecule has 134 valence electrons. The quantitative estimate of drug-likeness (QED) is 0.486. The van der Waals surface area contributed by atoms with Gasteiger partial charge in [0.2, 0.25) is 0 Å². The van der Waals surface area contributed by atoms with Crippen molar-refractivity contribution >= 4 is 27.7 Å². The van der Waals surface area contributed by atoms with Crippen LogP contribution in [-0.4, -0.2) is 26.6 Å². The molecule has 0 aliphatic rings. The Morgan fingerprint density at radius 2 is 1.72 bits per heavy atom. The summed E-state index contributed by atoms with van der Waals surface area (Å²) in [6.45, 7) is 4.00. The molecule has 2 rings (SSSR count). The fourth-order valence-corrected chi connectivity index (χ4v) is 3.17. The number of carbonyl (C=O) groups is 1. The van der Waals surface area contributed by atoms with Gasteiger partial charge in [0.25, 0.3) is 15.9 Å². The maximum absolute atomic E-state index is 12.7. The maximum Gasteiger partial charge on any atom is 0.267 e. The zero-order chi connectivity index (χ0) is 18.9. The van der Waals surface area contributed by atoms with Gasteiger partial charge >= 0.3 is 0 Å². The zero-order valence-corrected chi connectivity index (χ0v) is 15.2. The average molecular weight is 362 g/mol. The van der Waals surface area contributed by atoms with Gasteiger partial charge in [-0.2, -0.15) is 0 Å². The Labute approximate surface area is 148 Å². The number of anilines is 1. The summed E-state index contributed by atoms with van der Waals surface area (Å²) in [5.74, 6) is -0.695. The minimum atomic E-state index is -3.71. The lowest BCUT2D eigenvalue weighted by molar-refractivity contribution is -0.124. The Hall–Kier alpha value is -2.64. The molecule has 0 aliphatic carbocycles. The highest BCUT2D eigenvalue weighted by atomic mass is 32.2. The van der Waals surface area contributed by atoms with Crippen LogP contribution in [-0.2, 0) is 14.8 Å². The van der Waals surface area contributed by atoms with Crippen LogP contribution < -0.4 is 9.79 Å². The molecule has 0 aromatic heterocycles. The number of sulfonamides is 1. The Morgan fingerprint density at radius 1 is 1.08 bits per heavy atom. The van der Waals surface area contributed by atoms with Crippen LogP contribution in [0.5, 0.6) is 0 Å². The summed E-state index contributed by atoms with van der Waals surface area (Å²) in [6.07, 6.45) is 2.51. The first-order valence-electron chi connectivity index (χ1n) is 7.71. The molecule has 0 heterocycles. The number of hydrogen-bond donors (Lipinski definition) is 2. The minimum Gasteiger partial charge on any atom is -0.288 e. The molecule has 2 aromatic carbocycles. The number of amides is 1. The van der Waals surface area contributed by atoms with Gasteiger partial charge in [-0.15, -0.1) is 0 Å². The van der Waals surface area contributed by atoms with Crippen LogP contribution in [0.4, 0.5) is 5.69 Å². The minimum absolute atomic E-state index is 0.107. The molecule has 0 bridgehead atoms. The van der Waals surface area contributed by atoms with E-state index in [1.54, 1.807) is 36.4 Å². The lowest BCUT2D eigenvalue weighted by Crippen LogP contribution is -2.26. The summed E-state index contributed by atoms with van der Waals surface area (Å²) in [6, 6.07) is 14.9. The first kappa shape index (κ1) is 20.4. The van der Waals surface area contributed by atoms with E-state index in [0.29, 0.717) is 11.3 Å². The lowest BCUT2D eigenvalue weighted by Gasteiger charge is -2.19. The van der Waals surface area contributed by atoms with Crippen molar-refractivity contribution in [2.24, 2.45) is 0 Å². The molecule has 0 aliphatic heterocycles. The van der Waals surface area contributed by atoms with E-state index < -0.39 is 15.9 Å². The van der Waals surface area contributed by atoms with E-state index in [4.69, 9.17) is 5.21 Å². The molecule has 0 atom stereocenters. The van der Waals surface area contributed by atoms with Crippen LogP contribution in [0.25, 0.3) is 6.08 Å². The second-order valence-corrected chi connectivity index (χ2v) is 6.66. The third-order valence-electron chi connectivity index (χ3n) is 3.17. The van der Waals surface area contributed by atoms with Gasteiger partial charge in [-0.1, -0.05) is 44.2 Å². The standard InChI is InChI=1S/C16H16N2O4S.C2H6/c1-18(14-7-3-2-4-8-14)23(21,22)15-9-5-6-13(12-15)10-11-16(19)17-20;1-2/h2-12,20H,1H3,(H,17,19);1-2H3/b11-10+;. The highest BCUT2D eigenvalue weighted by Crippen LogP contribution is 2.22. The van der Waals surface area contributed by atoms with Crippen molar-refractivity contribution in [2.75, 3.05) is 11.4 Å². The molecular formula is C18H22N2O4S. The predicted octanol–water partition coefficient (Wildman–Crippen LogP) is 3.06. The van der Waals surface area contributed by atoms with E-state index in [9.17, 15) is 13.2 Å². The normalized spacial score (nSPS) is 10.7. The fourth-order valence-electron chi connectivity index (χ4n) is 1.92. The summed E-state index contributed by atoms with van der Waals surface area (Å²) in [4.78, 5) is 11.1. The smallest absolute Gasteiger partial charge is 0.267 e. The van der Waals surface area contributed by atoms with E-state index in [1.165, 1.54) is 35.0 Å². The first-order chi connectivity index (χ1) is 11.9. The van der Waals surface area contributed by atoms with Crippen LogP contribution in [0, 0.1) is 0 Å². The Balaban J connectivity index is 0.00000151. The number of hydrogen-bond acceptors (Lipinski definition) is 4. The third-order valence-corrected chi connectivity index (χ3v) is 4.96. The maximum atomic E-state index is 12.7. The van der Waals surface area contributed by atoms with E-state index in [1.807, 2.05) is 19.9 Å². The monoisotopic (exact) mass is 362 g/mol. The van der Waals surface area contributed by atoms with Gasteiger partial charge in [0.15, 0.2) is 0 Å². The number of nitrogens with zero attached hydrogens (tertiary/aromatic N) is 1. The summed E-state index contributed by atoms with van der Waals surface area (Å²) < 4.78 is 26.5. The number of rotatable bonds is 5. The molecular weight excluding hydrogens is 340 g/mol.